The second kappa shape index (κ2) is 25.5. The number of nitrogens with one attached hydrogen (secondary N) is 4. The van der Waals surface area contributed by atoms with Gasteiger partial charge in [-0.25, -0.2) is 38.7 Å². The lowest BCUT2D eigenvalue weighted by Gasteiger charge is -2.38. The molecule has 4 aromatic heterocycles. The van der Waals surface area contributed by atoms with Crippen LogP contribution in [0.2, 0.25) is 10.0 Å². The van der Waals surface area contributed by atoms with Crippen molar-refractivity contribution >= 4 is 69.6 Å². The highest BCUT2D eigenvalue weighted by molar-refractivity contribution is 6.31. The van der Waals surface area contributed by atoms with E-state index in [2.05, 4.69) is 60.8 Å². The monoisotopic (exact) mass is 1240 g/mol. The summed E-state index contributed by atoms with van der Waals surface area (Å²) in [4.78, 5) is 102. The molecule has 0 radical (unpaired) electrons. The van der Waals surface area contributed by atoms with Gasteiger partial charge in [0.2, 0.25) is 12.2 Å². The third-order valence-corrected chi connectivity index (χ3v) is 16.5. The van der Waals surface area contributed by atoms with E-state index < -0.39 is 59.6 Å². The van der Waals surface area contributed by atoms with Crippen molar-refractivity contribution in [2.75, 3.05) is 23.7 Å². The molecule has 4 N–H and O–H groups in total. The van der Waals surface area contributed by atoms with Gasteiger partial charge in [0, 0.05) is 120 Å². The van der Waals surface area contributed by atoms with Gasteiger partial charge in [0.15, 0.2) is 11.6 Å². The average molecular weight is 1240 g/mol. The fourth-order valence-electron chi connectivity index (χ4n) is 11.6. The Labute approximate surface area is 522 Å². The number of hydrogen-bond acceptors (Lipinski definition) is 14. The zero-order valence-corrected chi connectivity index (χ0v) is 48.8. The second-order valence-electron chi connectivity index (χ2n) is 21.3. The molecule has 4 atom stereocenters. The van der Waals surface area contributed by atoms with E-state index in [-0.39, 0.29) is 58.5 Å². The number of anilines is 2. The molecule has 4 aliphatic rings. The molecule has 20 nitrogen and oxygen atoms in total. The smallest absolute Gasteiger partial charge is 0.267 e. The molecule has 448 valence electrons. The second-order valence-corrected chi connectivity index (χ2v) is 22.1. The number of hydrogen-bond donors (Lipinski definition) is 4. The SMILES string of the molecule is O=C(Nc1ccc(-c2ncc[nH]2)cc1)[C@@H]1c2cccc(-c3cncnc3)c2CCN1C(=O)[C@H]1CC(c2cccc(Cl)c2F)=NO1.O=C(Nc1ccc(-c2ncc[nH]2)cc1)[C@H]1c2cccc(-c3cncnc3)c2CCN1C(=O)[C@H]1CC(c2cccc(Cl)c2F)=NO1. The van der Waals surface area contributed by atoms with Gasteiger partial charge in [-0.2, -0.15) is 0 Å². The number of rotatable bonds is 12. The minimum absolute atomic E-state index is 0.0312. The van der Waals surface area contributed by atoms with Gasteiger partial charge in [-0.3, -0.25) is 19.2 Å². The quantitative estimate of drug-likeness (QED) is 0.0891. The first-order valence-electron chi connectivity index (χ1n) is 28.5. The van der Waals surface area contributed by atoms with E-state index in [4.69, 9.17) is 32.9 Å². The number of fused-ring (bicyclic) bond motifs is 2. The predicted octanol–water partition coefficient (Wildman–Crippen LogP) is 11.2. The number of nitrogens with zero attached hydrogens (tertiary/aromatic N) is 10. The van der Waals surface area contributed by atoms with Gasteiger partial charge in [-0.1, -0.05) is 82.0 Å². The molecule has 0 saturated carbocycles. The number of halogens is 4. The minimum atomic E-state index is -1.03. The van der Waals surface area contributed by atoms with Crippen LogP contribution in [0.25, 0.3) is 45.0 Å². The third-order valence-electron chi connectivity index (χ3n) is 15.9. The Bertz CT molecular complexity index is 4110. The van der Waals surface area contributed by atoms with Crippen molar-refractivity contribution in [3.8, 4) is 45.0 Å². The van der Waals surface area contributed by atoms with Crippen molar-refractivity contribution in [1.82, 2.24) is 49.7 Å². The number of H-pyrrole nitrogens is 2. The Hall–Kier alpha value is -10.8. The van der Waals surface area contributed by atoms with Crippen LogP contribution in [-0.2, 0) is 41.7 Å². The normalized spacial score (nSPS) is 17.3. The molecule has 8 heterocycles. The standard InChI is InChI=1S/2C33H25ClFN7O3/c2*34-26-6-2-5-25(29(26)35)27-15-28(45-41-27)33(44)42-14-11-23-22(20-16-36-18-37-17-20)3-1-4-24(23)30(42)32(43)40-21-9-7-19(8-10-21)31-38-12-13-39-31/h2*1-10,12-13,16-18,28,30H,11,14-15H2,(H,38,39)(H,40,43)/t28-,30+;28-,30-/m11/s1. The zero-order valence-electron chi connectivity index (χ0n) is 47.3. The Kier molecular flexibility index (Phi) is 16.5. The molecule has 0 bridgehead atoms. The fourth-order valence-corrected chi connectivity index (χ4v) is 12.0. The van der Waals surface area contributed by atoms with Gasteiger partial charge in [0.1, 0.15) is 36.4 Å². The zero-order chi connectivity index (χ0) is 61.8. The van der Waals surface area contributed by atoms with Gasteiger partial charge < -0.3 is 40.1 Å². The summed E-state index contributed by atoms with van der Waals surface area (Å²) in [7, 11) is 0. The van der Waals surface area contributed by atoms with Crippen LogP contribution in [0.4, 0.5) is 20.2 Å². The van der Waals surface area contributed by atoms with Crippen LogP contribution in [0.5, 0.6) is 0 Å². The highest BCUT2D eigenvalue weighted by Gasteiger charge is 2.44. The van der Waals surface area contributed by atoms with Crippen molar-refractivity contribution in [1.29, 1.82) is 0 Å². The molecular formula is C66H50Cl2F2N14O6. The van der Waals surface area contributed by atoms with Crippen LogP contribution in [-0.4, -0.2) is 110 Å². The molecule has 0 fully saturated rings. The average Bonchev–Trinajstić information content (AvgIpc) is 0.944. The number of benzene rings is 6. The molecule has 0 aliphatic carbocycles. The van der Waals surface area contributed by atoms with E-state index in [0.29, 0.717) is 47.0 Å². The van der Waals surface area contributed by atoms with Gasteiger partial charge in [0.05, 0.1) is 21.5 Å². The highest BCUT2D eigenvalue weighted by Crippen LogP contribution is 2.40. The number of imidazole rings is 2. The molecule has 24 heteroatoms. The molecule has 4 amide bonds. The summed E-state index contributed by atoms with van der Waals surface area (Å²) in [6.07, 6.45) is 15.6. The summed E-state index contributed by atoms with van der Waals surface area (Å²) >= 11 is 11.9. The van der Waals surface area contributed by atoms with Crippen molar-refractivity contribution in [3.05, 3.63) is 239 Å². The van der Waals surface area contributed by atoms with Crippen molar-refractivity contribution < 1.29 is 37.6 Å². The van der Waals surface area contributed by atoms with E-state index in [1.807, 2.05) is 60.7 Å². The van der Waals surface area contributed by atoms with Gasteiger partial charge in [0.25, 0.3) is 23.6 Å². The Balaban J connectivity index is 0.000000165. The van der Waals surface area contributed by atoms with E-state index in [1.54, 1.807) is 86.0 Å². The maximum atomic E-state index is 14.7. The number of aromatic amines is 2. The lowest BCUT2D eigenvalue weighted by molar-refractivity contribution is -0.148. The first kappa shape index (κ1) is 58.2. The molecule has 0 unspecified atom stereocenters. The Morgan fingerprint density at radius 1 is 0.500 bits per heavy atom. The number of amides is 4. The van der Waals surface area contributed by atoms with Crippen LogP contribution in [0.15, 0.2) is 194 Å². The van der Waals surface area contributed by atoms with Gasteiger partial charge >= 0.3 is 0 Å². The molecule has 6 aromatic carbocycles. The molecule has 90 heavy (non-hydrogen) atoms. The summed E-state index contributed by atoms with van der Waals surface area (Å²) in [6.45, 7) is 0.486. The molecule has 0 saturated heterocycles. The first-order chi connectivity index (χ1) is 43.9. The van der Waals surface area contributed by atoms with Crippen molar-refractivity contribution in [2.24, 2.45) is 10.3 Å². The summed E-state index contributed by atoms with van der Waals surface area (Å²) in [5, 5.41) is 13.9. The van der Waals surface area contributed by atoms with E-state index in [9.17, 15) is 28.0 Å². The summed E-state index contributed by atoms with van der Waals surface area (Å²) in [6, 6.07) is 33.0. The van der Waals surface area contributed by atoms with Crippen LogP contribution in [0, 0.1) is 11.6 Å². The molecule has 10 aromatic rings. The molecular weight excluding hydrogens is 1190 g/mol. The van der Waals surface area contributed by atoms with Crippen molar-refractivity contribution in [2.45, 2.75) is 50.0 Å². The van der Waals surface area contributed by atoms with E-state index in [0.717, 1.165) is 44.5 Å². The number of aromatic nitrogens is 8. The van der Waals surface area contributed by atoms with Crippen LogP contribution in [0.1, 0.15) is 58.3 Å². The predicted molar refractivity (Wildman–Crippen MR) is 331 cm³/mol. The van der Waals surface area contributed by atoms with Crippen molar-refractivity contribution in [3.63, 3.8) is 0 Å². The lowest BCUT2D eigenvalue weighted by Crippen LogP contribution is -2.49. The third kappa shape index (κ3) is 11.8. The molecule has 0 spiro atoms. The van der Waals surface area contributed by atoms with Crippen LogP contribution in [0.3, 0.4) is 0 Å². The Morgan fingerprint density at radius 2 is 0.889 bits per heavy atom. The van der Waals surface area contributed by atoms with Gasteiger partial charge in [-0.05, 0) is 119 Å². The summed E-state index contributed by atoms with van der Waals surface area (Å²) < 4.78 is 29.5. The minimum Gasteiger partial charge on any atom is -0.382 e. The molecule has 4 aliphatic heterocycles. The van der Waals surface area contributed by atoms with Crippen LogP contribution < -0.4 is 10.6 Å². The van der Waals surface area contributed by atoms with E-state index >= 15 is 0 Å². The fraction of sp³-hybridized carbons (Fsp3) is 0.152. The van der Waals surface area contributed by atoms with Gasteiger partial charge in [-0.15, -0.1) is 0 Å². The molecule has 14 rings (SSSR count). The number of carbonyl (C=O) groups excluding carboxylic acids is 4. The topological polar surface area (TPSA) is 251 Å². The number of carbonyl (C=O) groups is 4. The number of oxime groups is 2. The maximum Gasteiger partial charge on any atom is 0.267 e. The van der Waals surface area contributed by atoms with Crippen LogP contribution >= 0.6 is 23.2 Å². The lowest BCUT2D eigenvalue weighted by atomic mass is 9.86. The Morgan fingerprint density at radius 3 is 1.28 bits per heavy atom. The largest absolute Gasteiger partial charge is 0.382 e. The summed E-state index contributed by atoms with van der Waals surface area (Å²) in [5.41, 5.74) is 10.3. The first-order valence-corrected chi connectivity index (χ1v) is 29.2. The summed E-state index contributed by atoms with van der Waals surface area (Å²) in [5.74, 6) is -1.48. The van der Waals surface area contributed by atoms with E-state index in [1.165, 1.54) is 46.7 Å². The maximum absolute atomic E-state index is 14.7. The highest BCUT2D eigenvalue weighted by atomic mass is 35.5.